The molecule has 1 N–H and O–H groups in total. The Kier molecular flexibility index (Phi) is 9.35. The Morgan fingerprint density at radius 1 is 1.03 bits per heavy atom. The topological polar surface area (TPSA) is 30.9 Å². The van der Waals surface area contributed by atoms with E-state index in [1.165, 1.54) is 95.9 Å². The summed E-state index contributed by atoms with van der Waals surface area (Å²) in [6.45, 7) is 11.7. The molecule has 0 aromatic carbocycles. The van der Waals surface area contributed by atoms with E-state index in [4.69, 9.17) is 17.2 Å². The maximum Gasteiger partial charge on any atom is 0.171 e. The lowest BCUT2D eigenvalue weighted by Crippen LogP contribution is -2.42. The van der Waals surface area contributed by atoms with E-state index < -0.39 is 0 Å². The minimum absolute atomic E-state index is 0.627. The molecule has 188 valence electrons. The number of nitrogens with one attached hydrogen (secondary N) is 1. The molecule has 0 radical (unpaired) electrons. The van der Waals surface area contributed by atoms with Gasteiger partial charge in [-0.2, -0.15) is 0 Å². The average Bonchev–Trinajstić information content (AvgIpc) is 3.43. The first kappa shape index (κ1) is 25.3. The Labute approximate surface area is 209 Å². The van der Waals surface area contributed by atoms with Gasteiger partial charge in [0.15, 0.2) is 5.11 Å². The molecule has 0 unspecified atom stereocenters. The van der Waals surface area contributed by atoms with Gasteiger partial charge >= 0.3 is 0 Å². The van der Waals surface area contributed by atoms with E-state index in [1.54, 1.807) is 0 Å². The van der Waals surface area contributed by atoms with E-state index in [9.17, 15) is 0 Å². The van der Waals surface area contributed by atoms with E-state index in [2.05, 4.69) is 35.9 Å². The molecule has 2 atom stereocenters. The number of amidine groups is 1. The van der Waals surface area contributed by atoms with Crippen LogP contribution in [0.2, 0.25) is 0 Å². The van der Waals surface area contributed by atoms with E-state index in [-0.39, 0.29) is 0 Å². The molecule has 0 amide bonds. The van der Waals surface area contributed by atoms with Crippen LogP contribution in [0.5, 0.6) is 0 Å². The molecule has 4 rings (SSSR count). The number of unbranched alkanes of at least 4 members (excludes halogenated alkanes) is 1. The van der Waals surface area contributed by atoms with Gasteiger partial charge in [0, 0.05) is 44.2 Å². The largest absolute Gasteiger partial charge is 0.371 e. The van der Waals surface area contributed by atoms with Gasteiger partial charge in [-0.05, 0) is 87.8 Å². The van der Waals surface area contributed by atoms with E-state index >= 15 is 0 Å². The highest BCUT2D eigenvalue weighted by Gasteiger charge is 2.36. The van der Waals surface area contributed by atoms with Crippen molar-refractivity contribution in [2.75, 3.05) is 26.2 Å². The fourth-order valence-corrected chi connectivity index (χ4v) is 7.13. The molecule has 3 fully saturated rings. The second kappa shape index (κ2) is 12.2. The molecule has 2 heterocycles. The molecule has 4 aliphatic rings. The summed E-state index contributed by atoms with van der Waals surface area (Å²) in [6.07, 6.45) is 17.4. The second-order valence-corrected chi connectivity index (χ2v) is 12.5. The first-order chi connectivity index (χ1) is 16.0. The van der Waals surface area contributed by atoms with Gasteiger partial charge in [0.1, 0.15) is 0 Å². The Bertz CT molecular complexity index is 648. The summed E-state index contributed by atoms with van der Waals surface area (Å²) in [6, 6.07) is 1.27. The zero-order chi connectivity index (χ0) is 23.2. The summed E-state index contributed by atoms with van der Waals surface area (Å²) >= 11 is 6.06. The number of aliphatic imine (C=N–C) groups is 1. The zero-order valence-electron chi connectivity index (χ0n) is 21.7. The van der Waals surface area contributed by atoms with Crippen LogP contribution >= 0.6 is 12.2 Å². The molecule has 2 aliphatic heterocycles. The quantitative estimate of drug-likeness (QED) is 0.299. The second-order valence-electron chi connectivity index (χ2n) is 12.2. The predicted molar refractivity (Wildman–Crippen MR) is 145 cm³/mol. The van der Waals surface area contributed by atoms with Gasteiger partial charge in [0.2, 0.25) is 0 Å². The van der Waals surface area contributed by atoms with Gasteiger partial charge in [-0.3, -0.25) is 4.99 Å². The smallest absolute Gasteiger partial charge is 0.171 e. The number of thiocarbonyl (C=S) groups is 1. The summed E-state index contributed by atoms with van der Waals surface area (Å²) in [7, 11) is 0. The molecule has 5 heteroatoms. The Balaban J connectivity index is 1.21. The van der Waals surface area contributed by atoms with Gasteiger partial charge in [0.25, 0.3) is 0 Å². The standard InChI is InChI=1S/C28H50N4S/c1-21(2)18-26-20-31(28(33)32(26)19-23-13-11-22(3)12-14-23)17-7-6-10-25-15-16-29-27(30-25)24-8-4-5-9-24/h21-26H,4-20H2,1-3H3,(H,29,30)/t22?,23?,25-,26+/m0/s1. The third kappa shape index (κ3) is 7.08. The summed E-state index contributed by atoms with van der Waals surface area (Å²) in [5, 5.41) is 4.98. The highest BCUT2D eigenvalue weighted by molar-refractivity contribution is 7.80. The normalized spacial score (nSPS) is 31.4. The highest BCUT2D eigenvalue weighted by Crippen LogP contribution is 2.32. The lowest BCUT2D eigenvalue weighted by Gasteiger charge is -2.33. The van der Waals surface area contributed by atoms with Crippen LogP contribution in [0.3, 0.4) is 0 Å². The SMILES string of the molecule is CC(C)C[C@@H]1CN(CCCC[C@H]2CCN=C(C3CCCC3)N2)C(=S)N1CC1CCC(C)CC1. The molecule has 4 nitrogen and oxygen atoms in total. The van der Waals surface area contributed by atoms with E-state index in [1.807, 2.05) is 0 Å². The summed E-state index contributed by atoms with van der Waals surface area (Å²) < 4.78 is 0. The molecular weight excluding hydrogens is 424 g/mol. The van der Waals surface area contributed by atoms with E-state index in [0.29, 0.717) is 12.1 Å². The van der Waals surface area contributed by atoms with Crippen molar-refractivity contribution in [2.45, 2.75) is 116 Å². The van der Waals surface area contributed by atoms with Crippen molar-refractivity contribution in [3.05, 3.63) is 0 Å². The van der Waals surface area contributed by atoms with Crippen LogP contribution in [0, 0.1) is 23.7 Å². The van der Waals surface area contributed by atoms with Crippen molar-refractivity contribution in [3.63, 3.8) is 0 Å². The van der Waals surface area contributed by atoms with Crippen molar-refractivity contribution in [3.8, 4) is 0 Å². The van der Waals surface area contributed by atoms with Gasteiger partial charge in [-0.15, -0.1) is 0 Å². The van der Waals surface area contributed by atoms with Crippen molar-refractivity contribution >= 4 is 23.2 Å². The molecule has 33 heavy (non-hydrogen) atoms. The molecule has 2 aliphatic carbocycles. The third-order valence-electron chi connectivity index (χ3n) is 8.81. The minimum atomic E-state index is 0.627. The van der Waals surface area contributed by atoms with Crippen molar-refractivity contribution in [1.29, 1.82) is 0 Å². The molecule has 0 spiro atoms. The number of hydrogen-bond acceptors (Lipinski definition) is 3. The van der Waals surface area contributed by atoms with E-state index in [0.717, 1.165) is 48.4 Å². The summed E-state index contributed by atoms with van der Waals surface area (Å²) in [4.78, 5) is 10.0. The zero-order valence-corrected chi connectivity index (χ0v) is 22.6. The van der Waals surface area contributed by atoms with Crippen LogP contribution in [0.25, 0.3) is 0 Å². The fourth-order valence-electron chi connectivity index (χ4n) is 6.74. The van der Waals surface area contributed by atoms with Gasteiger partial charge in [-0.25, -0.2) is 0 Å². The van der Waals surface area contributed by atoms with Crippen molar-refractivity contribution in [1.82, 2.24) is 15.1 Å². The van der Waals surface area contributed by atoms with Crippen LogP contribution < -0.4 is 5.32 Å². The van der Waals surface area contributed by atoms with Crippen LogP contribution in [0.1, 0.15) is 104 Å². The lowest BCUT2D eigenvalue weighted by atomic mass is 9.82. The Hall–Kier alpha value is -0.840. The van der Waals surface area contributed by atoms with Gasteiger partial charge in [0.05, 0.1) is 5.84 Å². The molecule has 2 saturated carbocycles. The van der Waals surface area contributed by atoms with Crippen LogP contribution in [-0.2, 0) is 0 Å². The molecular formula is C28H50N4S. The Morgan fingerprint density at radius 2 is 1.79 bits per heavy atom. The first-order valence-corrected chi connectivity index (χ1v) is 14.8. The maximum atomic E-state index is 6.06. The Morgan fingerprint density at radius 3 is 2.52 bits per heavy atom. The first-order valence-electron chi connectivity index (χ1n) is 14.4. The average molecular weight is 475 g/mol. The minimum Gasteiger partial charge on any atom is -0.371 e. The monoisotopic (exact) mass is 474 g/mol. The fraction of sp³-hybridized carbons (Fsp3) is 0.929. The van der Waals surface area contributed by atoms with Gasteiger partial charge in [-0.1, -0.05) is 46.5 Å². The van der Waals surface area contributed by atoms with Crippen molar-refractivity contribution < 1.29 is 0 Å². The maximum absolute atomic E-state index is 6.06. The lowest BCUT2D eigenvalue weighted by molar-refractivity contribution is 0.210. The molecule has 0 bridgehead atoms. The predicted octanol–water partition coefficient (Wildman–Crippen LogP) is 6.25. The molecule has 0 aromatic heterocycles. The summed E-state index contributed by atoms with van der Waals surface area (Å²) in [5.41, 5.74) is 0. The highest BCUT2D eigenvalue weighted by atomic mass is 32.1. The number of rotatable bonds is 10. The molecule has 0 aromatic rings. The van der Waals surface area contributed by atoms with Crippen LogP contribution in [0.15, 0.2) is 4.99 Å². The van der Waals surface area contributed by atoms with Gasteiger partial charge < -0.3 is 15.1 Å². The van der Waals surface area contributed by atoms with Crippen LogP contribution in [0.4, 0.5) is 0 Å². The molecule has 1 saturated heterocycles. The van der Waals surface area contributed by atoms with Crippen LogP contribution in [-0.4, -0.2) is 59.0 Å². The summed E-state index contributed by atoms with van der Waals surface area (Å²) in [5.74, 6) is 4.58. The number of hydrogen-bond donors (Lipinski definition) is 1. The van der Waals surface area contributed by atoms with Crippen molar-refractivity contribution in [2.24, 2.45) is 28.7 Å². The third-order valence-corrected chi connectivity index (χ3v) is 9.30. The number of nitrogens with zero attached hydrogens (tertiary/aromatic N) is 3.